The molecule has 0 radical (unpaired) electrons. The van der Waals surface area contributed by atoms with Crippen molar-refractivity contribution in [1.29, 1.82) is 0 Å². The topological polar surface area (TPSA) is 230 Å². The molecule has 3 aliphatic rings. The van der Waals surface area contributed by atoms with Crippen LogP contribution in [0.1, 0.15) is 50.7 Å². The molecule has 0 aromatic heterocycles. The van der Waals surface area contributed by atoms with Crippen molar-refractivity contribution in [3.05, 3.63) is 80.9 Å². The molecule has 2 fully saturated rings. The molecule has 0 aliphatic carbocycles. The molecule has 290 valence electrons. The summed E-state index contributed by atoms with van der Waals surface area (Å²) in [7, 11) is -1.97. The molecule has 0 bridgehead atoms. The Morgan fingerprint density at radius 3 is 2.25 bits per heavy atom. The molecule has 0 spiro atoms. The number of aromatic hydroxyl groups is 3. The number of hydrogen-bond acceptors (Lipinski definition) is 10. The number of likely N-dealkylation sites (tertiary alicyclic amines) is 1. The highest BCUT2D eigenvalue weighted by Crippen LogP contribution is 2.41. The first-order valence-corrected chi connectivity index (χ1v) is 16.8. The van der Waals surface area contributed by atoms with Gasteiger partial charge >= 0.3 is 25.1 Å². The minimum atomic E-state index is -2.01. The number of urea groups is 2. The van der Waals surface area contributed by atoms with Gasteiger partial charge in [0, 0.05) is 37.8 Å². The first kappa shape index (κ1) is 38.8. The van der Waals surface area contributed by atoms with E-state index >= 15 is 0 Å². The number of nitrogens with zero attached hydrogens (tertiary/aromatic N) is 3. The molecule has 2 unspecified atom stereocenters. The predicted molar refractivity (Wildman–Crippen MR) is 179 cm³/mol. The van der Waals surface area contributed by atoms with Crippen LogP contribution in [-0.2, 0) is 11.2 Å². The van der Waals surface area contributed by atoms with Crippen LogP contribution in [0.4, 0.5) is 27.2 Å². The van der Waals surface area contributed by atoms with Crippen molar-refractivity contribution in [2.24, 2.45) is 0 Å². The summed E-state index contributed by atoms with van der Waals surface area (Å²) in [5, 5.41) is 53.6. The van der Waals surface area contributed by atoms with Gasteiger partial charge in [-0.1, -0.05) is 17.7 Å². The molecule has 0 saturated carbocycles. The number of amides is 6. The standard InChI is InChI=1S/C33H29BClF4N5O11/c35-22-16(12-19(38)26(46)27(22)47)24(29(48)40-20-11-13-1-3-17(36)21(31(50)51)28(13)55-34(20)54)41-32(52)44-10-9-43(33(44)53)14-5-7-42(8-6-14)30(49)15-2-4-18(37)25(45)23(15)39/h1-4,12,14,20,24,45-47,54H,5-11H2,(H,40,48)(H,41,52)(H,50,51). The summed E-state index contributed by atoms with van der Waals surface area (Å²) in [4.78, 5) is 68.7. The summed E-state index contributed by atoms with van der Waals surface area (Å²) in [5.74, 6) is -14.6. The number of phenols is 3. The van der Waals surface area contributed by atoms with Crippen LogP contribution in [0.3, 0.4) is 0 Å². The minimum Gasteiger partial charge on any atom is -0.534 e. The third-order valence-electron chi connectivity index (χ3n) is 9.56. The molecule has 3 aliphatic heterocycles. The summed E-state index contributed by atoms with van der Waals surface area (Å²) < 4.78 is 62.0. The molecule has 55 heavy (non-hydrogen) atoms. The third-order valence-corrected chi connectivity index (χ3v) is 9.96. The molecular weight excluding hydrogens is 765 g/mol. The van der Waals surface area contributed by atoms with E-state index in [-0.39, 0.29) is 51.0 Å². The number of aromatic carboxylic acids is 1. The maximum atomic E-state index is 14.7. The Hall–Kier alpha value is -5.96. The summed E-state index contributed by atoms with van der Waals surface area (Å²) in [6, 6.07) is -0.347. The van der Waals surface area contributed by atoms with Crippen molar-refractivity contribution in [3.8, 4) is 23.0 Å². The number of halogens is 5. The number of nitrogens with one attached hydrogen (secondary N) is 2. The van der Waals surface area contributed by atoms with Crippen molar-refractivity contribution in [2.75, 3.05) is 26.2 Å². The highest BCUT2D eigenvalue weighted by molar-refractivity contribution is 6.47. The molecule has 7 N–H and O–H groups in total. The molecular formula is C33H29BClF4N5O11. The molecule has 16 nitrogen and oxygen atoms in total. The van der Waals surface area contributed by atoms with Gasteiger partial charge in [-0.25, -0.2) is 36.8 Å². The number of piperidine rings is 1. The Labute approximate surface area is 312 Å². The first-order chi connectivity index (χ1) is 26.0. The van der Waals surface area contributed by atoms with E-state index < -0.39 is 123 Å². The number of carbonyl (C=O) groups is 5. The van der Waals surface area contributed by atoms with Gasteiger partial charge in [-0.2, -0.15) is 0 Å². The van der Waals surface area contributed by atoms with Gasteiger partial charge in [-0.05, 0) is 49.1 Å². The average molecular weight is 794 g/mol. The zero-order chi connectivity index (χ0) is 40.0. The number of rotatable bonds is 7. The average Bonchev–Trinajstić information content (AvgIpc) is 3.54. The van der Waals surface area contributed by atoms with Crippen LogP contribution in [0.2, 0.25) is 5.02 Å². The van der Waals surface area contributed by atoms with Gasteiger partial charge in [-0.3, -0.25) is 9.59 Å². The van der Waals surface area contributed by atoms with E-state index in [2.05, 4.69) is 10.6 Å². The lowest BCUT2D eigenvalue weighted by atomic mass is 9.72. The van der Waals surface area contributed by atoms with Crippen LogP contribution in [0.25, 0.3) is 0 Å². The monoisotopic (exact) mass is 793 g/mol. The molecule has 6 amide bonds. The molecule has 22 heteroatoms. The first-order valence-electron chi connectivity index (χ1n) is 16.4. The van der Waals surface area contributed by atoms with Gasteiger partial charge < -0.3 is 50.5 Å². The van der Waals surface area contributed by atoms with Gasteiger partial charge in [0.15, 0.2) is 34.7 Å². The number of carbonyl (C=O) groups excluding carboxylic acids is 4. The fraction of sp³-hybridized carbons (Fsp3) is 0.303. The van der Waals surface area contributed by atoms with Crippen LogP contribution in [0.5, 0.6) is 23.0 Å². The zero-order valence-corrected chi connectivity index (χ0v) is 28.8. The Balaban J connectivity index is 1.17. The maximum Gasteiger partial charge on any atom is 0.547 e. The smallest absolute Gasteiger partial charge is 0.534 e. The third kappa shape index (κ3) is 7.19. The van der Waals surface area contributed by atoms with Gasteiger partial charge in [0.25, 0.3) is 5.91 Å². The summed E-state index contributed by atoms with van der Waals surface area (Å²) in [6.07, 6.45) is 0.0472. The Bertz CT molecular complexity index is 2130. The number of phenolic OH excluding ortho intramolecular Hbond substituents is 3. The number of fused-ring (bicyclic) bond motifs is 1. The number of carboxylic acid groups (broad SMARTS) is 1. The van der Waals surface area contributed by atoms with Crippen LogP contribution >= 0.6 is 11.6 Å². The van der Waals surface area contributed by atoms with Gasteiger partial charge in [0.1, 0.15) is 23.2 Å². The largest absolute Gasteiger partial charge is 0.547 e. The van der Waals surface area contributed by atoms with Crippen molar-refractivity contribution in [1.82, 2.24) is 25.3 Å². The zero-order valence-electron chi connectivity index (χ0n) is 28.1. The summed E-state index contributed by atoms with van der Waals surface area (Å²) in [6.45, 7) is -0.153. The van der Waals surface area contributed by atoms with Crippen molar-refractivity contribution in [3.63, 3.8) is 0 Å². The van der Waals surface area contributed by atoms with E-state index in [1.807, 2.05) is 0 Å². The van der Waals surface area contributed by atoms with Crippen molar-refractivity contribution in [2.45, 2.75) is 37.3 Å². The lowest BCUT2D eigenvalue weighted by Gasteiger charge is -2.36. The molecule has 2 atom stereocenters. The molecule has 2 saturated heterocycles. The lowest BCUT2D eigenvalue weighted by molar-refractivity contribution is -0.123. The summed E-state index contributed by atoms with van der Waals surface area (Å²) >= 11 is 6.16. The van der Waals surface area contributed by atoms with E-state index in [1.54, 1.807) is 0 Å². The number of hydrogen-bond donors (Lipinski definition) is 7. The van der Waals surface area contributed by atoms with Crippen LogP contribution in [0.15, 0.2) is 30.3 Å². The second-order valence-electron chi connectivity index (χ2n) is 12.8. The minimum absolute atomic E-state index is 0.00150. The Morgan fingerprint density at radius 2 is 1.58 bits per heavy atom. The maximum absolute atomic E-state index is 14.7. The van der Waals surface area contributed by atoms with E-state index in [0.29, 0.717) is 6.07 Å². The Kier molecular flexibility index (Phi) is 10.6. The van der Waals surface area contributed by atoms with E-state index in [0.717, 1.165) is 29.2 Å². The number of imide groups is 1. The predicted octanol–water partition coefficient (Wildman–Crippen LogP) is 2.64. The highest BCUT2D eigenvalue weighted by atomic mass is 35.5. The number of carboxylic acids is 1. The molecule has 3 aromatic rings. The molecule has 6 rings (SSSR count). The van der Waals surface area contributed by atoms with E-state index in [4.69, 9.17) is 16.3 Å². The lowest BCUT2D eigenvalue weighted by Crippen LogP contribution is -2.56. The second kappa shape index (κ2) is 15.1. The Morgan fingerprint density at radius 1 is 0.909 bits per heavy atom. The van der Waals surface area contributed by atoms with Gasteiger partial charge in [0.05, 0.1) is 16.5 Å². The van der Waals surface area contributed by atoms with Crippen LogP contribution < -0.4 is 15.3 Å². The number of benzene rings is 3. The van der Waals surface area contributed by atoms with Gasteiger partial charge in [0.2, 0.25) is 5.91 Å². The molecule has 3 aromatic carbocycles. The van der Waals surface area contributed by atoms with E-state index in [1.165, 1.54) is 9.80 Å². The quantitative estimate of drug-likeness (QED) is 0.105. The second-order valence-corrected chi connectivity index (χ2v) is 13.2. The van der Waals surface area contributed by atoms with Crippen LogP contribution in [0, 0.1) is 23.3 Å². The van der Waals surface area contributed by atoms with Crippen molar-refractivity contribution < 1.29 is 71.6 Å². The fourth-order valence-corrected chi connectivity index (χ4v) is 6.93. The molecule has 3 heterocycles. The van der Waals surface area contributed by atoms with E-state index in [9.17, 15) is 67.0 Å². The van der Waals surface area contributed by atoms with Gasteiger partial charge in [-0.15, -0.1) is 0 Å². The SMILES string of the molecule is O=C(O)c1c(F)ccc2c1OB(O)C(NC(=O)C(NC(=O)N1CCN(C3CCN(C(=O)c4ccc(F)c(O)c4F)CC3)C1=O)c1cc(F)c(O)c(O)c1Cl)C2. The summed E-state index contributed by atoms with van der Waals surface area (Å²) in [5.41, 5.74) is -1.93. The highest BCUT2D eigenvalue weighted by Gasteiger charge is 2.43. The fourth-order valence-electron chi connectivity index (χ4n) is 6.68. The van der Waals surface area contributed by atoms with Crippen molar-refractivity contribution >= 4 is 48.6 Å². The van der Waals surface area contributed by atoms with Crippen LogP contribution in [-0.4, -0.2) is 115 Å². The normalized spacial score (nSPS) is 17.8.